The van der Waals surface area contributed by atoms with Crippen LogP contribution in [0.5, 0.6) is 0 Å². The maximum atomic E-state index is 13.1. The number of Topliss-reactive ketones (excluding diaryl/α,β-unsaturated/α-hetero) is 1. The number of fused-ring (bicyclic) bond motifs is 1. The Hall–Kier alpha value is -3.00. The molecule has 0 atom stereocenters. The lowest BCUT2D eigenvalue weighted by Gasteiger charge is -2.17. The highest BCUT2D eigenvalue weighted by atomic mass is 32.2. The number of hydrogen-bond donors (Lipinski definition) is 0. The highest BCUT2D eigenvalue weighted by molar-refractivity contribution is 7.99. The van der Waals surface area contributed by atoms with Gasteiger partial charge < -0.3 is 0 Å². The van der Waals surface area contributed by atoms with E-state index in [0.29, 0.717) is 21.7 Å². The van der Waals surface area contributed by atoms with Crippen molar-refractivity contribution >= 4 is 34.1 Å². The third-order valence-corrected chi connectivity index (χ3v) is 5.17. The summed E-state index contributed by atoms with van der Waals surface area (Å²) in [4.78, 5) is 40.4. The molecule has 3 aromatic rings. The summed E-state index contributed by atoms with van der Waals surface area (Å²) in [5.74, 6) is 0.205. The van der Waals surface area contributed by atoms with Gasteiger partial charge in [0.15, 0.2) is 5.16 Å². The molecule has 0 unspecified atom stereocenters. The number of rotatable bonds is 5. The van der Waals surface area contributed by atoms with Gasteiger partial charge in [0.2, 0.25) is 0 Å². The first kappa shape index (κ1) is 19.8. The molecule has 0 saturated heterocycles. The lowest BCUT2D eigenvalue weighted by Crippen LogP contribution is -2.24. The van der Waals surface area contributed by atoms with Crippen molar-refractivity contribution in [2.45, 2.75) is 25.9 Å². The average molecular weight is 397 g/mol. The predicted molar refractivity (Wildman–Crippen MR) is 109 cm³/mol. The van der Waals surface area contributed by atoms with Crippen molar-refractivity contribution in [3.63, 3.8) is 0 Å². The predicted octanol–water partition coefficient (Wildman–Crippen LogP) is 4.00. The van der Waals surface area contributed by atoms with Crippen molar-refractivity contribution in [1.82, 2.24) is 9.55 Å². The maximum Gasteiger partial charge on any atom is 0.269 e. The standard InChI is InChI=1S/C20H19N3O4S/c1-20(2,3)17(24)12-28-19-21-16-7-5-4-6-15(16)18(25)22(19)13-8-10-14(11-9-13)23(26)27/h4-11H,12H2,1-3H3. The molecule has 8 heteroatoms. The van der Waals surface area contributed by atoms with Gasteiger partial charge in [-0.15, -0.1) is 0 Å². The van der Waals surface area contributed by atoms with Gasteiger partial charge in [0, 0.05) is 17.5 Å². The molecule has 0 aliphatic rings. The first-order chi connectivity index (χ1) is 13.2. The summed E-state index contributed by atoms with van der Waals surface area (Å²) in [5.41, 5.74) is 0.145. The number of thioether (sulfide) groups is 1. The number of hydrogen-bond acceptors (Lipinski definition) is 6. The van der Waals surface area contributed by atoms with Crippen LogP contribution in [0.4, 0.5) is 5.69 Å². The minimum atomic E-state index is -0.498. The Morgan fingerprint density at radius 1 is 1.14 bits per heavy atom. The van der Waals surface area contributed by atoms with Crippen LogP contribution in [0, 0.1) is 15.5 Å². The van der Waals surface area contributed by atoms with E-state index in [1.54, 1.807) is 24.3 Å². The molecule has 0 amide bonds. The summed E-state index contributed by atoms with van der Waals surface area (Å²) < 4.78 is 1.40. The highest BCUT2D eigenvalue weighted by Crippen LogP contribution is 2.25. The Balaban J connectivity index is 2.13. The third-order valence-electron chi connectivity index (χ3n) is 4.23. The number of ketones is 1. The van der Waals surface area contributed by atoms with Gasteiger partial charge in [-0.2, -0.15) is 0 Å². The van der Waals surface area contributed by atoms with Crippen molar-refractivity contribution in [2.24, 2.45) is 5.41 Å². The van der Waals surface area contributed by atoms with Gasteiger partial charge >= 0.3 is 0 Å². The number of carbonyl (C=O) groups is 1. The third kappa shape index (κ3) is 3.96. The van der Waals surface area contributed by atoms with Gasteiger partial charge in [0.1, 0.15) is 5.78 Å². The summed E-state index contributed by atoms with van der Waals surface area (Å²) >= 11 is 1.18. The second-order valence-corrected chi connectivity index (χ2v) is 8.23. The zero-order valence-corrected chi connectivity index (χ0v) is 16.5. The first-order valence-electron chi connectivity index (χ1n) is 8.61. The normalized spacial score (nSPS) is 11.5. The molecule has 0 aliphatic heterocycles. The van der Waals surface area contributed by atoms with Crippen LogP contribution < -0.4 is 5.56 Å². The van der Waals surface area contributed by atoms with Crippen LogP contribution in [0.25, 0.3) is 16.6 Å². The van der Waals surface area contributed by atoms with Crippen molar-refractivity contribution in [3.8, 4) is 5.69 Å². The van der Waals surface area contributed by atoms with Crippen LogP contribution in [0.1, 0.15) is 20.8 Å². The maximum absolute atomic E-state index is 13.1. The quantitative estimate of drug-likeness (QED) is 0.279. The van der Waals surface area contributed by atoms with Crippen molar-refractivity contribution in [3.05, 3.63) is 69.0 Å². The van der Waals surface area contributed by atoms with Crippen LogP contribution in [0.15, 0.2) is 58.5 Å². The van der Waals surface area contributed by atoms with Gasteiger partial charge in [0.05, 0.1) is 27.3 Å². The average Bonchev–Trinajstić information content (AvgIpc) is 2.65. The van der Waals surface area contributed by atoms with E-state index in [0.717, 1.165) is 0 Å². The fourth-order valence-corrected chi connectivity index (χ4v) is 3.68. The Bertz CT molecular complexity index is 1110. The number of para-hydroxylation sites is 1. The summed E-state index contributed by atoms with van der Waals surface area (Å²) in [6.45, 7) is 5.52. The molecule has 2 aromatic carbocycles. The highest BCUT2D eigenvalue weighted by Gasteiger charge is 2.23. The van der Waals surface area contributed by atoms with E-state index in [-0.39, 0.29) is 22.8 Å². The fourth-order valence-electron chi connectivity index (χ4n) is 2.51. The SMILES string of the molecule is CC(C)(C)C(=O)CSc1nc2ccccc2c(=O)n1-c1ccc([N+](=O)[O-])cc1. The molecule has 1 aromatic heterocycles. The molecule has 0 radical (unpaired) electrons. The Morgan fingerprint density at radius 2 is 1.79 bits per heavy atom. The molecular weight excluding hydrogens is 378 g/mol. The molecule has 0 spiro atoms. The molecule has 7 nitrogen and oxygen atoms in total. The topological polar surface area (TPSA) is 95.1 Å². The van der Waals surface area contributed by atoms with E-state index in [4.69, 9.17) is 0 Å². The molecule has 0 bridgehead atoms. The van der Waals surface area contributed by atoms with Crippen LogP contribution in [0.2, 0.25) is 0 Å². The van der Waals surface area contributed by atoms with E-state index in [1.807, 2.05) is 20.8 Å². The zero-order valence-electron chi connectivity index (χ0n) is 15.7. The monoisotopic (exact) mass is 397 g/mol. The number of aromatic nitrogens is 2. The minimum absolute atomic E-state index is 0.0372. The van der Waals surface area contributed by atoms with Gasteiger partial charge in [-0.25, -0.2) is 4.98 Å². The van der Waals surface area contributed by atoms with Crippen LogP contribution in [0.3, 0.4) is 0 Å². The van der Waals surface area contributed by atoms with Gasteiger partial charge in [-0.1, -0.05) is 44.7 Å². The molecule has 0 N–H and O–H groups in total. The van der Waals surface area contributed by atoms with Gasteiger partial charge in [-0.05, 0) is 24.3 Å². The summed E-state index contributed by atoms with van der Waals surface area (Å²) in [7, 11) is 0. The molecule has 1 heterocycles. The Kier molecular flexibility index (Phi) is 5.33. The largest absolute Gasteiger partial charge is 0.298 e. The first-order valence-corrected chi connectivity index (χ1v) is 9.60. The van der Waals surface area contributed by atoms with Crippen molar-refractivity contribution in [1.29, 1.82) is 0 Å². The molecule has 0 fully saturated rings. The number of benzene rings is 2. The van der Waals surface area contributed by atoms with E-state index in [9.17, 15) is 19.7 Å². The number of nitro groups is 1. The van der Waals surface area contributed by atoms with Gasteiger partial charge in [-0.3, -0.25) is 24.3 Å². The number of nitrogens with zero attached hydrogens (tertiary/aromatic N) is 3. The molecule has 3 rings (SSSR count). The van der Waals surface area contributed by atoms with Crippen molar-refractivity contribution < 1.29 is 9.72 Å². The molecular formula is C20H19N3O4S. The van der Waals surface area contributed by atoms with Crippen LogP contribution in [-0.2, 0) is 4.79 Å². The van der Waals surface area contributed by atoms with Gasteiger partial charge in [0.25, 0.3) is 11.2 Å². The smallest absolute Gasteiger partial charge is 0.269 e. The van der Waals surface area contributed by atoms with Crippen LogP contribution in [-0.4, -0.2) is 26.0 Å². The summed E-state index contributed by atoms with van der Waals surface area (Å²) in [6, 6.07) is 12.7. The number of nitro benzene ring substituents is 1. The van der Waals surface area contributed by atoms with E-state index >= 15 is 0 Å². The molecule has 144 valence electrons. The second kappa shape index (κ2) is 7.55. The Morgan fingerprint density at radius 3 is 2.39 bits per heavy atom. The number of carbonyl (C=O) groups excluding carboxylic acids is 1. The van der Waals surface area contributed by atoms with E-state index in [1.165, 1.54) is 40.6 Å². The lowest BCUT2D eigenvalue weighted by atomic mass is 9.92. The van der Waals surface area contributed by atoms with Crippen molar-refractivity contribution in [2.75, 3.05) is 5.75 Å². The van der Waals surface area contributed by atoms with E-state index < -0.39 is 10.3 Å². The molecule has 0 aliphatic carbocycles. The second-order valence-electron chi connectivity index (χ2n) is 7.29. The number of non-ortho nitro benzene ring substituents is 1. The summed E-state index contributed by atoms with van der Waals surface area (Å²) in [6.07, 6.45) is 0. The molecule has 28 heavy (non-hydrogen) atoms. The van der Waals surface area contributed by atoms with E-state index in [2.05, 4.69) is 4.98 Å². The van der Waals surface area contributed by atoms with Crippen LogP contribution >= 0.6 is 11.8 Å². The Labute approximate surface area is 165 Å². The minimum Gasteiger partial charge on any atom is -0.298 e. The fraction of sp³-hybridized carbons (Fsp3) is 0.250. The summed E-state index contributed by atoms with van der Waals surface area (Å²) in [5, 5.41) is 11.7. The zero-order chi connectivity index (χ0) is 20.5. The lowest BCUT2D eigenvalue weighted by molar-refractivity contribution is -0.384. The molecule has 0 saturated carbocycles.